The predicted molar refractivity (Wildman–Crippen MR) is 94.4 cm³/mol. The van der Waals surface area contributed by atoms with E-state index in [-0.39, 0.29) is 0 Å². The molecular formula is C20H31NO2. The molecule has 2 atom stereocenters. The number of aromatic hydroxyl groups is 1. The van der Waals surface area contributed by atoms with Gasteiger partial charge in [0.15, 0.2) is 11.5 Å². The summed E-state index contributed by atoms with van der Waals surface area (Å²) in [5.41, 5.74) is 3.97. The number of phenols is 1. The Balaban J connectivity index is 1.99. The molecule has 1 aromatic rings. The van der Waals surface area contributed by atoms with Crippen molar-refractivity contribution in [1.29, 1.82) is 0 Å². The summed E-state index contributed by atoms with van der Waals surface area (Å²) in [6.45, 7) is 6.96. The molecule has 128 valence electrons. The summed E-state index contributed by atoms with van der Waals surface area (Å²) >= 11 is 0. The summed E-state index contributed by atoms with van der Waals surface area (Å²) in [5, 5.41) is 10.6. The molecule has 1 aromatic carbocycles. The van der Waals surface area contributed by atoms with Crippen molar-refractivity contribution in [3.63, 3.8) is 0 Å². The zero-order chi connectivity index (χ0) is 16.4. The Labute approximate surface area is 140 Å². The molecule has 3 rings (SSSR count). The van der Waals surface area contributed by atoms with Gasteiger partial charge in [-0.05, 0) is 74.7 Å². The highest BCUT2D eigenvalue weighted by atomic mass is 16.5. The molecule has 1 N–H and O–H groups in total. The van der Waals surface area contributed by atoms with Crippen molar-refractivity contribution in [3.8, 4) is 11.5 Å². The summed E-state index contributed by atoms with van der Waals surface area (Å²) in [7, 11) is 1.66. The van der Waals surface area contributed by atoms with Crippen molar-refractivity contribution >= 4 is 0 Å². The van der Waals surface area contributed by atoms with Crippen molar-refractivity contribution in [2.45, 2.75) is 64.8 Å². The smallest absolute Gasteiger partial charge is 0.161 e. The van der Waals surface area contributed by atoms with Gasteiger partial charge in [0.05, 0.1) is 7.11 Å². The Hall–Kier alpha value is -1.22. The third-order valence-corrected chi connectivity index (χ3v) is 5.74. The van der Waals surface area contributed by atoms with Crippen molar-refractivity contribution in [3.05, 3.63) is 22.8 Å². The average molecular weight is 317 g/mol. The van der Waals surface area contributed by atoms with E-state index in [1.807, 2.05) is 0 Å². The Morgan fingerprint density at radius 2 is 2.04 bits per heavy atom. The lowest BCUT2D eigenvalue weighted by atomic mass is 9.73. The van der Waals surface area contributed by atoms with Crippen LogP contribution in [0.5, 0.6) is 11.5 Å². The second kappa shape index (κ2) is 7.12. The minimum absolute atomic E-state index is 0.397. The standard InChI is InChI=1S/C20H31NO2/c1-4-7-14-12-19(23-3)20(22)17-11-15-8-6-10-21(9-5-2)18(15)13-16(14)17/h12,15,18,22H,4-11,13H2,1-3H3/t15-,18-/m1/s1. The second-order valence-electron chi connectivity index (χ2n) is 7.21. The van der Waals surface area contributed by atoms with Crippen LogP contribution in [0, 0.1) is 5.92 Å². The Morgan fingerprint density at radius 1 is 1.22 bits per heavy atom. The quantitative estimate of drug-likeness (QED) is 0.893. The van der Waals surface area contributed by atoms with Gasteiger partial charge in [-0.1, -0.05) is 20.3 Å². The fourth-order valence-electron chi connectivity index (χ4n) is 4.70. The number of phenolic OH excluding ortho intramolecular Hbond substituents is 1. The monoisotopic (exact) mass is 317 g/mol. The Kier molecular flexibility index (Phi) is 5.15. The van der Waals surface area contributed by atoms with Gasteiger partial charge in [-0.2, -0.15) is 0 Å². The van der Waals surface area contributed by atoms with Crippen molar-refractivity contribution in [2.75, 3.05) is 20.2 Å². The number of benzene rings is 1. The number of piperidine rings is 1. The highest BCUT2D eigenvalue weighted by Crippen LogP contribution is 2.44. The molecule has 1 heterocycles. The van der Waals surface area contributed by atoms with Gasteiger partial charge in [-0.3, -0.25) is 4.90 Å². The van der Waals surface area contributed by atoms with E-state index in [4.69, 9.17) is 4.74 Å². The lowest BCUT2D eigenvalue weighted by Crippen LogP contribution is -2.49. The molecule has 3 heteroatoms. The SMILES string of the molecule is CCCc1cc(OC)c(O)c2c1C[C@@H]1[C@H](CCCN1CCC)C2. The summed E-state index contributed by atoms with van der Waals surface area (Å²) in [4.78, 5) is 2.70. The number of methoxy groups -OCH3 is 1. The molecule has 0 aromatic heterocycles. The minimum Gasteiger partial charge on any atom is -0.504 e. The van der Waals surface area contributed by atoms with Crippen LogP contribution in [0.2, 0.25) is 0 Å². The normalized spacial score (nSPS) is 24.1. The number of hydrogen-bond acceptors (Lipinski definition) is 3. The van der Waals surface area contributed by atoms with E-state index in [0.717, 1.165) is 25.7 Å². The van der Waals surface area contributed by atoms with Gasteiger partial charge < -0.3 is 9.84 Å². The molecular weight excluding hydrogens is 286 g/mol. The van der Waals surface area contributed by atoms with E-state index in [1.54, 1.807) is 7.11 Å². The van der Waals surface area contributed by atoms with Crippen LogP contribution >= 0.6 is 0 Å². The summed E-state index contributed by atoms with van der Waals surface area (Å²) in [6, 6.07) is 2.74. The lowest BCUT2D eigenvalue weighted by molar-refractivity contribution is 0.0846. The number of ether oxygens (including phenoxy) is 1. The van der Waals surface area contributed by atoms with Gasteiger partial charge >= 0.3 is 0 Å². The van der Waals surface area contributed by atoms with Crippen LogP contribution in [0.25, 0.3) is 0 Å². The molecule has 0 saturated carbocycles. The number of nitrogens with zero attached hydrogens (tertiary/aromatic N) is 1. The zero-order valence-corrected chi connectivity index (χ0v) is 14.9. The highest BCUT2D eigenvalue weighted by Gasteiger charge is 2.37. The number of rotatable bonds is 5. The first kappa shape index (κ1) is 16.6. The molecule has 0 radical (unpaired) electrons. The molecule has 3 nitrogen and oxygen atoms in total. The number of likely N-dealkylation sites (tertiary alicyclic amines) is 1. The first-order chi connectivity index (χ1) is 11.2. The molecule has 0 bridgehead atoms. The Bertz CT molecular complexity index is 553. The van der Waals surface area contributed by atoms with Gasteiger partial charge in [0.25, 0.3) is 0 Å². The van der Waals surface area contributed by atoms with Crippen LogP contribution in [0.3, 0.4) is 0 Å². The van der Waals surface area contributed by atoms with Gasteiger partial charge in [0.2, 0.25) is 0 Å². The molecule has 23 heavy (non-hydrogen) atoms. The predicted octanol–water partition coefficient (Wildman–Crippen LogP) is 3.94. The van der Waals surface area contributed by atoms with E-state index in [0.29, 0.717) is 23.5 Å². The molecule has 0 unspecified atom stereocenters. The summed E-state index contributed by atoms with van der Waals surface area (Å²) in [6.07, 6.45) is 8.14. The maximum atomic E-state index is 10.6. The van der Waals surface area contributed by atoms with Gasteiger partial charge in [-0.25, -0.2) is 0 Å². The number of fused-ring (bicyclic) bond motifs is 2. The van der Waals surface area contributed by atoms with Gasteiger partial charge in [0, 0.05) is 11.6 Å². The first-order valence-corrected chi connectivity index (χ1v) is 9.34. The topological polar surface area (TPSA) is 32.7 Å². The number of hydrogen-bond donors (Lipinski definition) is 1. The molecule has 1 saturated heterocycles. The third-order valence-electron chi connectivity index (χ3n) is 5.74. The van der Waals surface area contributed by atoms with E-state index in [9.17, 15) is 5.11 Å². The fourth-order valence-corrected chi connectivity index (χ4v) is 4.70. The molecule has 0 spiro atoms. The van der Waals surface area contributed by atoms with Crippen molar-refractivity contribution in [1.82, 2.24) is 4.90 Å². The van der Waals surface area contributed by atoms with Gasteiger partial charge in [0.1, 0.15) is 0 Å². The molecule has 0 amide bonds. The third kappa shape index (κ3) is 3.08. The van der Waals surface area contributed by atoms with Crippen LogP contribution in [0.4, 0.5) is 0 Å². The van der Waals surface area contributed by atoms with E-state index < -0.39 is 0 Å². The van der Waals surface area contributed by atoms with Crippen LogP contribution in [0.1, 0.15) is 56.2 Å². The molecule has 2 aliphatic rings. The zero-order valence-electron chi connectivity index (χ0n) is 14.9. The molecule has 1 aliphatic carbocycles. The molecule has 1 fully saturated rings. The van der Waals surface area contributed by atoms with Crippen LogP contribution in [-0.2, 0) is 19.3 Å². The van der Waals surface area contributed by atoms with E-state index in [2.05, 4.69) is 24.8 Å². The van der Waals surface area contributed by atoms with Crippen LogP contribution < -0.4 is 4.74 Å². The maximum absolute atomic E-state index is 10.6. The summed E-state index contributed by atoms with van der Waals surface area (Å²) in [5.74, 6) is 1.75. The Morgan fingerprint density at radius 3 is 2.74 bits per heavy atom. The van der Waals surface area contributed by atoms with Crippen molar-refractivity contribution in [2.24, 2.45) is 5.92 Å². The van der Waals surface area contributed by atoms with Crippen LogP contribution in [0.15, 0.2) is 6.07 Å². The first-order valence-electron chi connectivity index (χ1n) is 9.34. The summed E-state index contributed by atoms with van der Waals surface area (Å²) < 4.78 is 5.43. The fraction of sp³-hybridized carbons (Fsp3) is 0.700. The van der Waals surface area contributed by atoms with Crippen molar-refractivity contribution < 1.29 is 9.84 Å². The van der Waals surface area contributed by atoms with Crippen LogP contribution in [-0.4, -0.2) is 36.2 Å². The maximum Gasteiger partial charge on any atom is 0.161 e. The van der Waals surface area contributed by atoms with Gasteiger partial charge in [-0.15, -0.1) is 0 Å². The lowest BCUT2D eigenvalue weighted by Gasteiger charge is -2.45. The van der Waals surface area contributed by atoms with E-state index in [1.165, 1.54) is 49.0 Å². The number of aryl methyl sites for hydroxylation is 1. The second-order valence-corrected chi connectivity index (χ2v) is 7.21. The highest BCUT2D eigenvalue weighted by molar-refractivity contribution is 5.55. The van der Waals surface area contributed by atoms with E-state index >= 15 is 0 Å². The largest absolute Gasteiger partial charge is 0.504 e. The molecule has 1 aliphatic heterocycles. The minimum atomic E-state index is 0.397. The average Bonchev–Trinajstić information content (AvgIpc) is 2.57.